The lowest BCUT2D eigenvalue weighted by Gasteiger charge is -2.38. The Labute approximate surface area is 191 Å². The van der Waals surface area contributed by atoms with Crippen LogP contribution in [0.5, 0.6) is 0 Å². The van der Waals surface area contributed by atoms with Crippen molar-refractivity contribution in [3.63, 3.8) is 0 Å². The van der Waals surface area contributed by atoms with Gasteiger partial charge in [-0.1, -0.05) is 56.8 Å². The molecule has 2 aliphatic rings. The Balaban J connectivity index is 1.98. The quantitative estimate of drug-likeness (QED) is 0.510. The van der Waals surface area contributed by atoms with E-state index in [0.717, 1.165) is 47.3 Å². The molecule has 1 aliphatic heterocycles. The molecule has 1 amide bonds. The number of nitrogens with two attached hydrogens (primary N) is 1. The highest BCUT2D eigenvalue weighted by Gasteiger charge is 2.40. The summed E-state index contributed by atoms with van der Waals surface area (Å²) in [6.45, 7) is 7.51. The van der Waals surface area contributed by atoms with Crippen LogP contribution in [0.15, 0.2) is 71.5 Å². The third kappa shape index (κ3) is 3.67. The largest absolute Gasteiger partial charge is 0.399 e. The van der Waals surface area contributed by atoms with Crippen molar-refractivity contribution in [2.75, 3.05) is 19.3 Å². The number of carbonyl (C=O) groups excluding carboxylic acids is 1. The molecule has 164 valence electrons. The number of carbonyl (C=O) groups is 1. The van der Waals surface area contributed by atoms with Crippen molar-refractivity contribution in [3.8, 4) is 0 Å². The average molecular weight is 442 g/mol. The minimum atomic E-state index is -2.07. The Kier molecular flexibility index (Phi) is 5.78. The van der Waals surface area contributed by atoms with Gasteiger partial charge >= 0.3 is 0 Å². The van der Waals surface area contributed by atoms with Gasteiger partial charge in [0.15, 0.2) is 0 Å². The summed E-state index contributed by atoms with van der Waals surface area (Å²) in [6.07, 6.45) is 7.95. The number of allylic oxidation sites excluding steroid dienone is 5. The standard InChI is InChI=1S/C27H31N3OSi/c1-5-6-15-30(2)27(31)21-10-8-7-9-20(21)26-22-13-11-18(28)16-24(22)32(3,4)25-17-19(29)12-14-23(25)26/h7-14,16-17,28H,5-6,15,29H2,1-4H3. The second-order valence-electron chi connectivity index (χ2n) is 9.19. The Morgan fingerprint density at radius 2 is 1.84 bits per heavy atom. The molecule has 5 heteroatoms. The molecule has 4 nitrogen and oxygen atoms in total. The molecule has 1 heterocycles. The number of anilines is 1. The summed E-state index contributed by atoms with van der Waals surface area (Å²) in [5, 5.41) is 10.7. The number of rotatable bonds is 5. The zero-order valence-electron chi connectivity index (χ0n) is 19.3. The van der Waals surface area contributed by atoms with Crippen molar-refractivity contribution < 1.29 is 4.79 Å². The SMILES string of the molecule is CCCCN(C)C(=O)c1ccccc1C1=C2C=CC(=N)C=C2[Si](C)(C)c2cc(N)ccc21. The molecule has 4 rings (SSSR count). The van der Waals surface area contributed by atoms with Crippen LogP contribution in [0.25, 0.3) is 5.57 Å². The van der Waals surface area contributed by atoms with Gasteiger partial charge in [0.25, 0.3) is 5.91 Å². The molecule has 0 fully saturated rings. The van der Waals surface area contributed by atoms with E-state index in [4.69, 9.17) is 11.1 Å². The average Bonchev–Trinajstić information content (AvgIpc) is 2.78. The summed E-state index contributed by atoms with van der Waals surface area (Å²) in [7, 11) is -0.189. The van der Waals surface area contributed by atoms with Crippen LogP contribution in [0, 0.1) is 5.41 Å². The fourth-order valence-corrected chi connectivity index (χ4v) is 7.84. The van der Waals surface area contributed by atoms with Crippen molar-refractivity contribution in [1.82, 2.24) is 4.90 Å². The summed E-state index contributed by atoms with van der Waals surface area (Å²) < 4.78 is 0. The normalized spacial score (nSPS) is 16.4. The Morgan fingerprint density at radius 1 is 1.09 bits per heavy atom. The fourth-order valence-electron chi connectivity index (χ4n) is 4.75. The van der Waals surface area contributed by atoms with E-state index in [2.05, 4.69) is 44.3 Å². The summed E-state index contributed by atoms with van der Waals surface area (Å²) in [5.41, 5.74) is 12.5. The maximum Gasteiger partial charge on any atom is 0.254 e. The molecule has 0 bridgehead atoms. The van der Waals surface area contributed by atoms with Gasteiger partial charge in [-0.05, 0) is 69.4 Å². The first-order chi connectivity index (χ1) is 15.3. The molecule has 0 radical (unpaired) electrons. The molecule has 2 aromatic carbocycles. The van der Waals surface area contributed by atoms with E-state index in [1.165, 1.54) is 10.4 Å². The van der Waals surface area contributed by atoms with Crippen LogP contribution in [-0.4, -0.2) is 38.2 Å². The molecular weight excluding hydrogens is 410 g/mol. The molecule has 3 N–H and O–H groups in total. The number of nitrogen functional groups attached to an aromatic ring is 1. The summed E-state index contributed by atoms with van der Waals surface area (Å²) in [5.74, 6) is 0.0410. The van der Waals surface area contributed by atoms with Gasteiger partial charge in [0, 0.05) is 24.8 Å². The number of nitrogens with zero attached hydrogens (tertiary/aromatic N) is 1. The van der Waals surface area contributed by atoms with Crippen molar-refractivity contribution >= 4 is 36.1 Å². The predicted molar refractivity (Wildman–Crippen MR) is 137 cm³/mol. The number of amides is 1. The third-order valence-electron chi connectivity index (χ3n) is 6.57. The van der Waals surface area contributed by atoms with Crippen molar-refractivity contribution in [2.24, 2.45) is 0 Å². The highest BCUT2D eigenvalue weighted by Crippen LogP contribution is 2.42. The van der Waals surface area contributed by atoms with Crippen LogP contribution in [0.3, 0.4) is 0 Å². The lowest BCUT2D eigenvalue weighted by atomic mass is 9.87. The molecule has 0 atom stereocenters. The van der Waals surface area contributed by atoms with Crippen molar-refractivity contribution in [1.29, 1.82) is 5.41 Å². The zero-order valence-corrected chi connectivity index (χ0v) is 20.3. The number of fused-ring (bicyclic) bond motifs is 2. The number of nitrogens with one attached hydrogen (secondary N) is 1. The van der Waals surface area contributed by atoms with Gasteiger partial charge in [0.2, 0.25) is 0 Å². The molecule has 0 spiro atoms. The smallest absolute Gasteiger partial charge is 0.254 e. The number of hydrogen-bond donors (Lipinski definition) is 2. The van der Waals surface area contributed by atoms with Crippen LogP contribution < -0.4 is 10.9 Å². The van der Waals surface area contributed by atoms with Gasteiger partial charge in [-0.15, -0.1) is 0 Å². The fraction of sp³-hybridized carbons (Fsp3) is 0.259. The lowest BCUT2D eigenvalue weighted by molar-refractivity contribution is 0.0793. The first kappa shape index (κ1) is 22.0. The number of benzene rings is 2. The molecule has 0 saturated heterocycles. The third-order valence-corrected chi connectivity index (χ3v) is 10.1. The first-order valence-electron chi connectivity index (χ1n) is 11.2. The van der Waals surface area contributed by atoms with Gasteiger partial charge in [0.1, 0.15) is 8.07 Å². The summed E-state index contributed by atoms with van der Waals surface area (Å²) in [4.78, 5) is 15.3. The summed E-state index contributed by atoms with van der Waals surface area (Å²) in [6, 6.07) is 14.1. The monoisotopic (exact) mass is 441 g/mol. The molecule has 0 aromatic heterocycles. The van der Waals surface area contributed by atoms with Gasteiger partial charge in [-0.2, -0.15) is 0 Å². The number of hydrogen-bond acceptors (Lipinski definition) is 3. The van der Waals surface area contributed by atoms with E-state index in [9.17, 15) is 4.79 Å². The van der Waals surface area contributed by atoms with Crippen molar-refractivity contribution in [3.05, 3.63) is 88.2 Å². The zero-order chi connectivity index (χ0) is 23.0. The Bertz CT molecular complexity index is 1200. The van der Waals surface area contributed by atoms with E-state index >= 15 is 0 Å². The summed E-state index contributed by atoms with van der Waals surface area (Å²) >= 11 is 0. The van der Waals surface area contributed by atoms with Crippen LogP contribution >= 0.6 is 0 Å². The van der Waals surface area contributed by atoms with Gasteiger partial charge in [0.05, 0.1) is 5.71 Å². The molecule has 0 unspecified atom stereocenters. The predicted octanol–water partition coefficient (Wildman–Crippen LogP) is 4.93. The minimum absolute atomic E-state index is 0.0410. The Hall–Kier alpha value is -3.18. The highest BCUT2D eigenvalue weighted by atomic mass is 28.3. The molecule has 2 aromatic rings. The van der Waals surface area contributed by atoms with E-state index in [1.54, 1.807) is 0 Å². The van der Waals surface area contributed by atoms with E-state index in [0.29, 0.717) is 11.3 Å². The molecule has 1 aliphatic carbocycles. The molecular formula is C27H31N3OSi. The number of unbranched alkanes of at least 4 members (excludes halogenated alkanes) is 1. The van der Waals surface area contributed by atoms with E-state index in [-0.39, 0.29) is 5.91 Å². The van der Waals surface area contributed by atoms with Crippen LogP contribution in [0.1, 0.15) is 41.3 Å². The first-order valence-corrected chi connectivity index (χ1v) is 14.2. The van der Waals surface area contributed by atoms with E-state index < -0.39 is 8.07 Å². The van der Waals surface area contributed by atoms with Gasteiger partial charge in [-0.25, -0.2) is 0 Å². The highest BCUT2D eigenvalue weighted by molar-refractivity contribution is 6.98. The topological polar surface area (TPSA) is 70.2 Å². The lowest BCUT2D eigenvalue weighted by Crippen LogP contribution is -2.49. The second kappa shape index (κ2) is 8.39. The van der Waals surface area contributed by atoms with Gasteiger partial charge in [-0.3, -0.25) is 4.79 Å². The molecule has 32 heavy (non-hydrogen) atoms. The second-order valence-corrected chi connectivity index (χ2v) is 13.5. The van der Waals surface area contributed by atoms with Crippen LogP contribution in [0.4, 0.5) is 5.69 Å². The maximum atomic E-state index is 13.4. The van der Waals surface area contributed by atoms with Crippen LogP contribution in [-0.2, 0) is 0 Å². The Morgan fingerprint density at radius 3 is 2.59 bits per heavy atom. The van der Waals surface area contributed by atoms with E-state index in [1.807, 2.05) is 48.4 Å². The minimum Gasteiger partial charge on any atom is -0.399 e. The maximum absolute atomic E-state index is 13.4. The van der Waals surface area contributed by atoms with Crippen molar-refractivity contribution in [2.45, 2.75) is 32.9 Å². The van der Waals surface area contributed by atoms with Crippen LogP contribution in [0.2, 0.25) is 13.1 Å². The van der Waals surface area contributed by atoms with Gasteiger partial charge < -0.3 is 16.0 Å². The molecule has 0 saturated carbocycles.